The topological polar surface area (TPSA) is 39.1 Å². The van der Waals surface area contributed by atoms with Gasteiger partial charge in [0.1, 0.15) is 11.5 Å². The molecule has 4 nitrogen and oxygen atoms in total. The third-order valence-electron chi connectivity index (χ3n) is 3.36. The van der Waals surface area contributed by atoms with E-state index in [0.717, 1.165) is 5.69 Å². The maximum atomic E-state index is 14.4. The number of halogens is 2. The van der Waals surface area contributed by atoms with E-state index in [0.29, 0.717) is 15.8 Å². The summed E-state index contributed by atoms with van der Waals surface area (Å²) in [5, 5.41) is 7.51. The van der Waals surface area contributed by atoms with Crippen molar-refractivity contribution in [3.05, 3.63) is 45.9 Å². The van der Waals surface area contributed by atoms with Crippen LogP contribution in [-0.2, 0) is 0 Å². The van der Waals surface area contributed by atoms with E-state index in [9.17, 15) is 4.39 Å². The van der Waals surface area contributed by atoms with Gasteiger partial charge in [-0.1, -0.05) is 12.1 Å². The molecule has 0 saturated heterocycles. The fourth-order valence-corrected chi connectivity index (χ4v) is 2.76. The highest BCUT2D eigenvalue weighted by Crippen LogP contribution is 2.34. The second-order valence-electron chi connectivity index (χ2n) is 5.00. The fourth-order valence-electron chi connectivity index (χ4n) is 2.38. The number of nitrogens with one attached hydrogen (secondary N) is 1. The largest absolute Gasteiger partial charge is 0.493 e. The van der Waals surface area contributed by atoms with Gasteiger partial charge in [-0.25, -0.2) is 4.39 Å². The highest BCUT2D eigenvalue weighted by molar-refractivity contribution is 9.10. The van der Waals surface area contributed by atoms with Crippen molar-refractivity contribution in [2.75, 3.05) is 14.2 Å². The summed E-state index contributed by atoms with van der Waals surface area (Å²) in [7, 11) is 3.39. The van der Waals surface area contributed by atoms with Crippen LogP contribution in [0.5, 0.6) is 5.75 Å². The smallest absolute Gasteiger partial charge is 0.161 e. The summed E-state index contributed by atoms with van der Waals surface area (Å²) in [6, 6.07) is 5.06. The number of ether oxygens (including phenoxy) is 1. The SMILES string of the molecule is CNC(c1cccc(Br)c1F)c1c(OC)cnn1C(C)C. The first-order chi connectivity index (χ1) is 10.0. The summed E-state index contributed by atoms with van der Waals surface area (Å²) in [6.45, 7) is 4.06. The molecule has 0 bridgehead atoms. The lowest BCUT2D eigenvalue weighted by Crippen LogP contribution is -2.24. The molecule has 2 rings (SSSR count). The molecule has 1 aromatic carbocycles. The highest BCUT2D eigenvalue weighted by Gasteiger charge is 2.26. The molecule has 0 aliphatic carbocycles. The highest BCUT2D eigenvalue weighted by atomic mass is 79.9. The number of benzene rings is 1. The third-order valence-corrected chi connectivity index (χ3v) is 3.97. The lowest BCUT2D eigenvalue weighted by Gasteiger charge is -2.22. The average molecular weight is 356 g/mol. The van der Waals surface area contributed by atoms with Crippen molar-refractivity contribution in [2.24, 2.45) is 0 Å². The van der Waals surface area contributed by atoms with Crippen molar-refractivity contribution in [1.82, 2.24) is 15.1 Å². The van der Waals surface area contributed by atoms with Crippen LogP contribution >= 0.6 is 15.9 Å². The van der Waals surface area contributed by atoms with Gasteiger partial charge in [-0.3, -0.25) is 4.68 Å². The number of nitrogens with zero attached hydrogens (tertiary/aromatic N) is 2. The lowest BCUT2D eigenvalue weighted by molar-refractivity contribution is 0.394. The van der Waals surface area contributed by atoms with Crippen LogP contribution in [0.3, 0.4) is 0 Å². The predicted molar refractivity (Wildman–Crippen MR) is 84.2 cm³/mol. The predicted octanol–water partition coefficient (Wildman–Crippen LogP) is 3.68. The molecule has 0 radical (unpaired) electrons. The molecule has 1 heterocycles. The molecule has 0 amide bonds. The normalized spacial score (nSPS) is 12.7. The third kappa shape index (κ3) is 2.96. The van der Waals surface area contributed by atoms with Gasteiger partial charge in [0.25, 0.3) is 0 Å². The molecular formula is C15H19BrFN3O. The molecule has 0 fully saturated rings. The number of aromatic nitrogens is 2. The first-order valence-electron chi connectivity index (χ1n) is 6.73. The summed E-state index contributed by atoms with van der Waals surface area (Å²) in [4.78, 5) is 0. The van der Waals surface area contributed by atoms with Crippen LogP contribution in [0.15, 0.2) is 28.9 Å². The van der Waals surface area contributed by atoms with Gasteiger partial charge >= 0.3 is 0 Å². The molecule has 0 spiro atoms. The van der Waals surface area contributed by atoms with Gasteiger partial charge in [0.15, 0.2) is 5.75 Å². The Morgan fingerprint density at radius 3 is 2.67 bits per heavy atom. The van der Waals surface area contributed by atoms with E-state index in [1.165, 1.54) is 0 Å². The monoisotopic (exact) mass is 355 g/mol. The maximum absolute atomic E-state index is 14.4. The van der Waals surface area contributed by atoms with E-state index >= 15 is 0 Å². The van der Waals surface area contributed by atoms with E-state index in [2.05, 4.69) is 26.3 Å². The zero-order valence-electron chi connectivity index (χ0n) is 12.5. The fraction of sp³-hybridized carbons (Fsp3) is 0.400. The second kappa shape index (κ2) is 6.58. The Labute approximate surface area is 132 Å². The van der Waals surface area contributed by atoms with Gasteiger partial charge in [0, 0.05) is 11.6 Å². The van der Waals surface area contributed by atoms with Gasteiger partial charge in [-0.05, 0) is 42.9 Å². The van der Waals surface area contributed by atoms with Crippen LogP contribution in [0.25, 0.3) is 0 Å². The Morgan fingerprint density at radius 1 is 1.38 bits per heavy atom. The van der Waals surface area contributed by atoms with Crippen molar-refractivity contribution in [3.63, 3.8) is 0 Å². The molecule has 1 atom stereocenters. The van der Waals surface area contributed by atoms with E-state index in [1.807, 2.05) is 24.6 Å². The van der Waals surface area contributed by atoms with E-state index in [1.54, 1.807) is 32.5 Å². The molecule has 1 N–H and O–H groups in total. The summed E-state index contributed by atoms with van der Waals surface area (Å²) < 4.78 is 22.1. The average Bonchev–Trinajstić information content (AvgIpc) is 2.88. The van der Waals surface area contributed by atoms with Crippen LogP contribution in [0, 0.1) is 5.82 Å². The lowest BCUT2D eigenvalue weighted by atomic mass is 10.0. The van der Waals surface area contributed by atoms with E-state index in [-0.39, 0.29) is 17.9 Å². The van der Waals surface area contributed by atoms with Crippen LogP contribution < -0.4 is 10.1 Å². The Kier molecular flexibility index (Phi) is 5.00. The molecule has 21 heavy (non-hydrogen) atoms. The molecule has 1 aromatic heterocycles. The number of methoxy groups -OCH3 is 1. The Morgan fingerprint density at radius 2 is 2.10 bits per heavy atom. The first kappa shape index (κ1) is 16.0. The number of hydrogen-bond acceptors (Lipinski definition) is 3. The van der Waals surface area contributed by atoms with Crippen molar-refractivity contribution >= 4 is 15.9 Å². The second-order valence-corrected chi connectivity index (χ2v) is 5.86. The zero-order valence-corrected chi connectivity index (χ0v) is 14.1. The molecule has 6 heteroatoms. The number of hydrogen-bond donors (Lipinski definition) is 1. The molecule has 2 aromatic rings. The van der Waals surface area contributed by atoms with Crippen molar-refractivity contribution < 1.29 is 9.13 Å². The van der Waals surface area contributed by atoms with Crippen molar-refractivity contribution in [3.8, 4) is 5.75 Å². The van der Waals surface area contributed by atoms with Crippen LogP contribution in [0.4, 0.5) is 4.39 Å². The van der Waals surface area contributed by atoms with Gasteiger partial charge in [0.2, 0.25) is 0 Å². The number of rotatable bonds is 5. The standard InChI is InChI=1S/C15H19BrFN3O/c1-9(2)20-15(12(21-4)8-19-20)14(18-3)10-6-5-7-11(16)13(10)17/h5-9,14,18H,1-4H3. The van der Waals surface area contributed by atoms with Crippen LogP contribution in [0.1, 0.15) is 37.2 Å². The minimum atomic E-state index is -0.345. The maximum Gasteiger partial charge on any atom is 0.161 e. The summed E-state index contributed by atoms with van der Waals surface area (Å²) >= 11 is 3.23. The van der Waals surface area contributed by atoms with Gasteiger partial charge in [-0.2, -0.15) is 5.10 Å². The Hall–Kier alpha value is -1.40. The van der Waals surface area contributed by atoms with Crippen molar-refractivity contribution in [1.29, 1.82) is 0 Å². The molecule has 114 valence electrons. The first-order valence-corrected chi connectivity index (χ1v) is 7.53. The summed E-state index contributed by atoms with van der Waals surface area (Å²) in [6.07, 6.45) is 1.66. The molecule has 0 aliphatic heterocycles. The summed E-state index contributed by atoms with van der Waals surface area (Å²) in [5.74, 6) is 0.359. The summed E-state index contributed by atoms with van der Waals surface area (Å²) in [5.41, 5.74) is 1.36. The molecular weight excluding hydrogens is 337 g/mol. The van der Waals surface area contributed by atoms with Gasteiger partial charge in [-0.15, -0.1) is 0 Å². The van der Waals surface area contributed by atoms with Gasteiger partial charge < -0.3 is 10.1 Å². The van der Waals surface area contributed by atoms with Crippen molar-refractivity contribution in [2.45, 2.75) is 25.9 Å². The molecule has 1 unspecified atom stereocenters. The van der Waals surface area contributed by atoms with Crippen LogP contribution in [0.2, 0.25) is 0 Å². The molecule has 0 saturated carbocycles. The Balaban J connectivity index is 2.61. The minimum Gasteiger partial charge on any atom is -0.493 e. The molecule has 0 aliphatic rings. The van der Waals surface area contributed by atoms with E-state index < -0.39 is 0 Å². The van der Waals surface area contributed by atoms with Crippen LogP contribution in [-0.4, -0.2) is 23.9 Å². The van der Waals surface area contributed by atoms with Gasteiger partial charge in [0.05, 0.1) is 23.8 Å². The quantitative estimate of drug-likeness (QED) is 0.888. The minimum absolute atomic E-state index is 0.148. The van der Waals surface area contributed by atoms with E-state index in [4.69, 9.17) is 4.74 Å². The Bertz CT molecular complexity index is 627. The zero-order chi connectivity index (χ0) is 15.6.